The van der Waals surface area contributed by atoms with Crippen LogP contribution in [0.1, 0.15) is 25.1 Å². The van der Waals surface area contributed by atoms with Gasteiger partial charge in [-0.15, -0.1) is 0 Å². The highest BCUT2D eigenvalue weighted by Gasteiger charge is 2.21. The fraction of sp³-hybridized carbons (Fsp3) is 0.357. The van der Waals surface area contributed by atoms with Gasteiger partial charge in [0.05, 0.1) is 16.5 Å². The van der Waals surface area contributed by atoms with Gasteiger partial charge in [0.15, 0.2) is 12.4 Å². The van der Waals surface area contributed by atoms with Crippen LogP contribution in [0.2, 0.25) is 10.0 Å². The molecule has 0 spiro atoms. The molecule has 0 amide bonds. The average molecular weight is 408 g/mol. The van der Waals surface area contributed by atoms with Crippen LogP contribution in [-0.2, 0) is 32.6 Å². The van der Waals surface area contributed by atoms with Crippen molar-refractivity contribution in [3.63, 3.8) is 0 Å². The maximum Gasteiger partial charge on any atom is 0.307 e. The molecule has 25 heavy (non-hydrogen) atoms. The third-order valence-corrected chi connectivity index (χ3v) is 5.41. The predicted octanol–water partition coefficient (Wildman–Crippen LogP) is 2.35. The number of rotatable bonds is 8. The van der Waals surface area contributed by atoms with Crippen molar-refractivity contribution in [1.82, 2.24) is 14.9 Å². The first kappa shape index (κ1) is 19.6. The molecule has 11 heteroatoms. The second-order valence-corrected chi connectivity index (χ2v) is 7.34. The molecule has 8 nitrogen and oxygen atoms in total. The van der Waals surface area contributed by atoms with E-state index in [1.165, 1.54) is 18.2 Å². The van der Waals surface area contributed by atoms with Crippen LogP contribution in [0.5, 0.6) is 0 Å². The molecule has 2 rings (SSSR count). The van der Waals surface area contributed by atoms with Crippen LogP contribution in [0.25, 0.3) is 0 Å². The van der Waals surface area contributed by atoms with Crippen molar-refractivity contribution in [3.8, 4) is 0 Å². The molecule has 2 aromatic rings. The fourth-order valence-corrected chi connectivity index (χ4v) is 3.98. The summed E-state index contributed by atoms with van der Waals surface area (Å²) < 4.78 is 36.5. The zero-order valence-corrected chi connectivity index (χ0v) is 15.5. The monoisotopic (exact) mass is 407 g/mol. The zero-order valence-electron chi connectivity index (χ0n) is 13.2. The standard InChI is InChI=1S/C14H15Cl2N3O5S/c1-2-11-18-12(24-19-11)8-23-13(20)6-7-17-25(21,22)14-9(15)4-3-5-10(14)16/h3-5,17H,2,6-8H2,1H3. The minimum Gasteiger partial charge on any atom is -0.456 e. The molecule has 0 fully saturated rings. The Morgan fingerprint density at radius 1 is 1.32 bits per heavy atom. The Balaban J connectivity index is 1.84. The molecule has 0 atom stereocenters. The maximum atomic E-state index is 12.2. The fourth-order valence-electron chi connectivity index (χ4n) is 1.81. The smallest absolute Gasteiger partial charge is 0.307 e. The molecule has 0 saturated carbocycles. The van der Waals surface area contributed by atoms with Gasteiger partial charge >= 0.3 is 5.97 Å². The lowest BCUT2D eigenvalue weighted by molar-refractivity contribution is -0.145. The minimum atomic E-state index is -3.95. The summed E-state index contributed by atoms with van der Waals surface area (Å²) in [4.78, 5) is 15.4. The van der Waals surface area contributed by atoms with Crippen molar-refractivity contribution in [2.45, 2.75) is 31.3 Å². The van der Waals surface area contributed by atoms with E-state index < -0.39 is 16.0 Å². The van der Waals surface area contributed by atoms with Crippen LogP contribution in [-0.4, -0.2) is 31.1 Å². The average Bonchev–Trinajstić information content (AvgIpc) is 3.00. The highest BCUT2D eigenvalue weighted by molar-refractivity contribution is 7.89. The molecule has 136 valence electrons. The number of carbonyl (C=O) groups is 1. The molecule has 1 aromatic carbocycles. The van der Waals surface area contributed by atoms with E-state index in [-0.39, 0.29) is 40.4 Å². The number of hydrogen-bond donors (Lipinski definition) is 1. The number of sulfonamides is 1. The number of hydrogen-bond acceptors (Lipinski definition) is 7. The van der Waals surface area contributed by atoms with Gasteiger partial charge in [0.1, 0.15) is 4.90 Å². The number of carbonyl (C=O) groups excluding carboxylic acids is 1. The number of nitrogens with one attached hydrogen (secondary N) is 1. The molecule has 1 heterocycles. The molecule has 0 aliphatic rings. The Morgan fingerprint density at radius 3 is 2.60 bits per heavy atom. The molecule has 0 bridgehead atoms. The third kappa shape index (κ3) is 5.40. The van der Waals surface area contributed by atoms with Crippen molar-refractivity contribution in [1.29, 1.82) is 0 Å². The van der Waals surface area contributed by atoms with Crippen LogP contribution in [0.4, 0.5) is 0 Å². The maximum absolute atomic E-state index is 12.2. The molecule has 0 aliphatic carbocycles. The SMILES string of the molecule is CCc1noc(COC(=O)CCNS(=O)(=O)c2c(Cl)cccc2Cl)n1. The van der Waals surface area contributed by atoms with E-state index in [2.05, 4.69) is 14.9 Å². The van der Waals surface area contributed by atoms with Crippen LogP contribution in [0.3, 0.4) is 0 Å². The van der Waals surface area contributed by atoms with E-state index in [9.17, 15) is 13.2 Å². The highest BCUT2D eigenvalue weighted by atomic mass is 35.5. The molecule has 1 N–H and O–H groups in total. The van der Waals surface area contributed by atoms with Gasteiger partial charge in [0.2, 0.25) is 10.0 Å². The lowest BCUT2D eigenvalue weighted by Gasteiger charge is -2.09. The largest absolute Gasteiger partial charge is 0.456 e. The van der Waals surface area contributed by atoms with Crippen molar-refractivity contribution in [3.05, 3.63) is 40.0 Å². The van der Waals surface area contributed by atoms with Crippen molar-refractivity contribution in [2.24, 2.45) is 0 Å². The first-order chi connectivity index (χ1) is 11.8. The number of benzene rings is 1. The highest BCUT2D eigenvalue weighted by Crippen LogP contribution is 2.28. The summed E-state index contributed by atoms with van der Waals surface area (Å²) in [5.41, 5.74) is 0. The number of aromatic nitrogens is 2. The molecule has 1 aromatic heterocycles. The van der Waals surface area contributed by atoms with Gasteiger partial charge in [-0.3, -0.25) is 4.79 Å². The number of aryl methyl sites for hydroxylation is 1. The second-order valence-electron chi connectivity index (χ2n) is 4.82. The van der Waals surface area contributed by atoms with Gasteiger partial charge in [-0.25, -0.2) is 13.1 Å². The lowest BCUT2D eigenvalue weighted by Crippen LogP contribution is -2.27. The Bertz CT molecular complexity index is 834. The van der Waals surface area contributed by atoms with Crippen LogP contribution in [0.15, 0.2) is 27.6 Å². The summed E-state index contributed by atoms with van der Waals surface area (Å²) in [6, 6.07) is 4.35. The third-order valence-electron chi connectivity index (χ3n) is 2.99. The van der Waals surface area contributed by atoms with Crippen molar-refractivity contribution < 1.29 is 22.5 Å². The summed E-state index contributed by atoms with van der Waals surface area (Å²) in [5, 5.41) is 3.65. The quantitative estimate of drug-likeness (QED) is 0.668. The Labute approximate surface area is 154 Å². The van der Waals surface area contributed by atoms with Crippen molar-refractivity contribution in [2.75, 3.05) is 6.54 Å². The number of esters is 1. The first-order valence-corrected chi connectivity index (χ1v) is 9.48. The molecule has 0 unspecified atom stereocenters. The number of ether oxygens (including phenoxy) is 1. The van der Waals surface area contributed by atoms with Gasteiger partial charge in [-0.05, 0) is 12.1 Å². The Hall–Kier alpha value is -1.68. The van der Waals surface area contributed by atoms with Gasteiger partial charge in [-0.1, -0.05) is 41.3 Å². The van der Waals surface area contributed by atoms with Crippen LogP contribution in [0, 0.1) is 0 Å². The Kier molecular flexibility index (Phi) is 6.77. The molecule has 0 saturated heterocycles. The van der Waals surface area contributed by atoms with E-state index in [0.717, 1.165) is 0 Å². The van der Waals surface area contributed by atoms with Gasteiger partial charge in [-0.2, -0.15) is 4.98 Å². The molecular formula is C14H15Cl2N3O5S. The second kappa shape index (κ2) is 8.61. The molecule has 0 aliphatic heterocycles. The molecular weight excluding hydrogens is 393 g/mol. The predicted molar refractivity (Wildman–Crippen MR) is 89.7 cm³/mol. The minimum absolute atomic E-state index is 0.00861. The summed E-state index contributed by atoms with van der Waals surface area (Å²) in [6.45, 7) is 1.51. The topological polar surface area (TPSA) is 111 Å². The normalized spacial score (nSPS) is 11.5. The van der Waals surface area contributed by atoms with E-state index >= 15 is 0 Å². The van der Waals surface area contributed by atoms with Gasteiger partial charge in [0.25, 0.3) is 5.89 Å². The van der Waals surface area contributed by atoms with Crippen molar-refractivity contribution >= 4 is 39.2 Å². The lowest BCUT2D eigenvalue weighted by atomic mass is 10.4. The first-order valence-electron chi connectivity index (χ1n) is 7.24. The van der Waals surface area contributed by atoms with E-state index in [4.69, 9.17) is 32.5 Å². The van der Waals surface area contributed by atoms with Crippen LogP contribution >= 0.6 is 23.2 Å². The van der Waals surface area contributed by atoms with E-state index in [1.54, 1.807) is 0 Å². The van der Waals surface area contributed by atoms with Gasteiger partial charge in [0, 0.05) is 13.0 Å². The Morgan fingerprint density at radius 2 is 2.00 bits per heavy atom. The summed E-state index contributed by atoms with van der Waals surface area (Å²) >= 11 is 11.7. The summed E-state index contributed by atoms with van der Waals surface area (Å²) in [6.07, 6.45) is 0.417. The summed E-state index contributed by atoms with van der Waals surface area (Å²) in [7, 11) is -3.95. The van der Waals surface area contributed by atoms with Gasteiger partial charge < -0.3 is 9.26 Å². The van der Waals surface area contributed by atoms with E-state index in [0.29, 0.717) is 12.2 Å². The molecule has 0 radical (unpaired) electrons. The van der Waals surface area contributed by atoms with E-state index in [1.807, 2.05) is 6.92 Å². The summed E-state index contributed by atoms with van der Waals surface area (Å²) in [5.74, 6) is 0.0632. The van der Waals surface area contributed by atoms with Crippen LogP contribution < -0.4 is 4.72 Å². The number of halogens is 2. The zero-order chi connectivity index (χ0) is 18.4. The number of nitrogens with zero attached hydrogens (tertiary/aromatic N) is 2.